The summed E-state index contributed by atoms with van der Waals surface area (Å²) in [4.78, 5) is 42.6. The number of carbonyl (C=O) groups excluding carboxylic acids is 2. The molecule has 0 radical (unpaired) electrons. The molecular formula is C18H24N2O5S. The average molecular weight is 380 g/mol. The van der Waals surface area contributed by atoms with Crippen molar-refractivity contribution in [2.75, 3.05) is 0 Å². The maximum absolute atomic E-state index is 13.0. The number of rotatable bonds is 6. The summed E-state index contributed by atoms with van der Waals surface area (Å²) in [6.45, 7) is 10.5. The predicted octanol–water partition coefficient (Wildman–Crippen LogP) is 3.23. The summed E-state index contributed by atoms with van der Waals surface area (Å²) in [6, 6.07) is -0.757. The third-order valence-electron chi connectivity index (χ3n) is 3.75. The summed E-state index contributed by atoms with van der Waals surface area (Å²) in [5.41, 5.74) is 0.162. The Labute approximate surface area is 155 Å². The van der Waals surface area contributed by atoms with Crippen LogP contribution in [0.2, 0.25) is 0 Å². The lowest BCUT2D eigenvalue weighted by atomic mass is 10.2. The molecule has 0 aromatic carbocycles. The average Bonchev–Trinajstić information content (AvgIpc) is 2.86. The molecular weight excluding hydrogens is 356 g/mol. The highest BCUT2D eigenvalue weighted by Crippen LogP contribution is 2.28. The van der Waals surface area contributed by atoms with E-state index in [1.54, 1.807) is 41.5 Å². The van der Waals surface area contributed by atoms with Gasteiger partial charge >= 0.3 is 11.9 Å². The summed E-state index contributed by atoms with van der Waals surface area (Å²) in [5, 5.41) is 0.337. The molecule has 0 fully saturated rings. The Morgan fingerprint density at radius 2 is 1.81 bits per heavy atom. The van der Waals surface area contributed by atoms with Crippen molar-refractivity contribution < 1.29 is 19.1 Å². The molecule has 7 nitrogen and oxygen atoms in total. The number of ether oxygens (including phenoxy) is 2. The van der Waals surface area contributed by atoms with Crippen LogP contribution in [0.25, 0.3) is 10.2 Å². The standard InChI is InChI=1S/C18H24N2O5S/c1-7-12(17(22)24-9(2)3)20-8-19-15-13(16(20)21)11(6)14(26-15)18(23)25-10(4)5/h8-10,12H,7H2,1-6H3. The number of thiophene rings is 1. The Kier molecular flexibility index (Phi) is 6.17. The van der Waals surface area contributed by atoms with Crippen LogP contribution in [-0.4, -0.2) is 33.7 Å². The van der Waals surface area contributed by atoms with E-state index >= 15 is 0 Å². The van der Waals surface area contributed by atoms with Crippen molar-refractivity contribution in [1.82, 2.24) is 9.55 Å². The van der Waals surface area contributed by atoms with Crippen molar-refractivity contribution in [1.29, 1.82) is 0 Å². The Balaban J connectivity index is 2.53. The molecule has 0 spiro atoms. The van der Waals surface area contributed by atoms with Crippen molar-refractivity contribution in [2.45, 2.75) is 66.2 Å². The van der Waals surface area contributed by atoms with Gasteiger partial charge in [0.15, 0.2) is 0 Å². The SMILES string of the molecule is CCC(C(=O)OC(C)C)n1cnc2sc(C(=O)OC(C)C)c(C)c2c1=O. The Bertz CT molecular complexity index is 882. The molecule has 1 unspecified atom stereocenters. The van der Waals surface area contributed by atoms with Gasteiger partial charge in [-0.1, -0.05) is 6.92 Å². The Hall–Kier alpha value is -2.22. The van der Waals surface area contributed by atoms with Crippen LogP contribution in [-0.2, 0) is 14.3 Å². The lowest BCUT2D eigenvalue weighted by Crippen LogP contribution is -2.32. The lowest BCUT2D eigenvalue weighted by Gasteiger charge is -2.18. The molecule has 26 heavy (non-hydrogen) atoms. The number of aromatic nitrogens is 2. The van der Waals surface area contributed by atoms with E-state index in [-0.39, 0.29) is 17.8 Å². The van der Waals surface area contributed by atoms with Crippen LogP contribution in [0, 0.1) is 6.92 Å². The molecule has 2 heterocycles. The first-order valence-electron chi connectivity index (χ1n) is 8.59. The van der Waals surface area contributed by atoms with Crippen molar-refractivity contribution in [3.05, 3.63) is 27.1 Å². The number of aryl methyl sites for hydroxylation is 1. The molecule has 0 saturated carbocycles. The van der Waals surface area contributed by atoms with Crippen LogP contribution in [0.15, 0.2) is 11.1 Å². The van der Waals surface area contributed by atoms with Crippen LogP contribution in [0.4, 0.5) is 0 Å². The normalized spacial score (nSPS) is 12.6. The predicted molar refractivity (Wildman–Crippen MR) is 99.7 cm³/mol. The van der Waals surface area contributed by atoms with E-state index in [4.69, 9.17) is 9.47 Å². The van der Waals surface area contributed by atoms with E-state index < -0.39 is 18.0 Å². The van der Waals surface area contributed by atoms with Gasteiger partial charge in [0.05, 0.1) is 23.9 Å². The molecule has 0 aliphatic carbocycles. The lowest BCUT2D eigenvalue weighted by molar-refractivity contribution is -0.151. The molecule has 8 heteroatoms. The van der Waals surface area contributed by atoms with Crippen LogP contribution >= 0.6 is 11.3 Å². The monoisotopic (exact) mass is 380 g/mol. The minimum Gasteiger partial charge on any atom is -0.461 e. The smallest absolute Gasteiger partial charge is 0.348 e. The second-order valence-electron chi connectivity index (χ2n) is 6.56. The maximum Gasteiger partial charge on any atom is 0.348 e. The Morgan fingerprint density at radius 1 is 1.19 bits per heavy atom. The maximum atomic E-state index is 13.0. The Morgan fingerprint density at radius 3 is 2.35 bits per heavy atom. The van der Waals surface area contributed by atoms with Gasteiger partial charge in [-0.15, -0.1) is 11.3 Å². The first kappa shape index (κ1) is 20.1. The quantitative estimate of drug-likeness (QED) is 0.715. The molecule has 0 aliphatic rings. The van der Waals surface area contributed by atoms with Gasteiger partial charge in [0.1, 0.15) is 15.7 Å². The highest BCUT2D eigenvalue weighted by molar-refractivity contribution is 7.20. The van der Waals surface area contributed by atoms with Gasteiger partial charge in [0.25, 0.3) is 5.56 Å². The van der Waals surface area contributed by atoms with E-state index in [0.717, 1.165) is 11.3 Å². The molecule has 0 saturated heterocycles. The second-order valence-corrected chi connectivity index (χ2v) is 7.56. The highest BCUT2D eigenvalue weighted by Gasteiger charge is 2.26. The molecule has 0 amide bonds. The van der Waals surface area contributed by atoms with E-state index in [2.05, 4.69) is 4.98 Å². The molecule has 2 rings (SSSR count). The van der Waals surface area contributed by atoms with Crippen LogP contribution in [0.1, 0.15) is 62.3 Å². The summed E-state index contributed by atoms with van der Waals surface area (Å²) in [5.74, 6) is -0.948. The zero-order valence-electron chi connectivity index (χ0n) is 15.9. The third kappa shape index (κ3) is 3.95. The van der Waals surface area contributed by atoms with Gasteiger partial charge in [-0.05, 0) is 46.6 Å². The minimum atomic E-state index is -0.757. The number of hydrogen-bond acceptors (Lipinski definition) is 7. The van der Waals surface area contributed by atoms with E-state index in [9.17, 15) is 14.4 Å². The zero-order valence-corrected chi connectivity index (χ0v) is 16.7. The van der Waals surface area contributed by atoms with E-state index in [0.29, 0.717) is 27.1 Å². The minimum absolute atomic E-state index is 0.257. The summed E-state index contributed by atoms with van der Waals surface area (Å²) in [6.07, 6.45) is 1.20. The molecule has 2 aromatic rings. The highest BCUT2D eigenvalue weighted by atomic mass is 32.1. The number of fused-ring (bicyclic) bond motifs is 1. The van der Waals surface area contributed by atoms with Gasteiger partial charge < -0.3 is 9.47 Å². The van der Waals surface area contributed by atoms with Gasteiger partial charge in [0, 0.05) is 0 Å². The van der Waals surface area contributed by atoms with E-state index in [1.807, 2.05) is 0 Å². The number of carbonyl (C=O) groups is 2. The fraction of sp³-hybridized carbons (Fsp3) is 0.556. The second kappa shape index (κ2) is 7.99. The van der Waals surface area contributed by atoms with Gasteiger partial charge in [-0.25, -0.2) is 14.6 Å². The van der Waals surface area contributed by atoms with Crippen LogP contribution < -0.4 is 5.56 Å². The summed E-state index contributed by atoms with van der Waals surface area (Å²) >= 11 is 1.12. The number of nitrogens with zero attached hydrogens (tertiary/aromatic N) is 2. The molecule has 142 valence electrons. The molecule has 0 bridgehead atoms. The third-order valence-corrected chi connectivity index (χ3v) is 4.93. The topological polar surface area (TPSA) is 87.5 Å². The van der Waals surface area contributed by atoms with Crippen LogP contribution in [0.5, 0.6) is 0 Å². The number of hydrogen-bond donors (Lipinski definition) is 0. The molecule has 0 aliphatic heterocycles. The summed E-state index contributed by atoms with van der Waals surface area (Å²) in [7, 11) is 0. The van der Waals surface area contributed by atoms with Gasteiger partial charge in [-0.3, -0.25) is 9.36 Å². The first-order valence-corrected chi connectivity index (χ1v) is 9.40. The van der Waals surface area contributed by atoms with Crippen molar-refractivity contribution in [3.8, 4) is 0 Å². The largest absolute Gasteiger partial charge is 0.461 e. The van der Waals surface area contributed by atoms with Crippen molar-refractivity contribution in [3.63, 3.8) is 0 Å². The van der Waals surface area contributed by atoms with Crippen molar-refractivity contribution in [2.24, 2.45) is 0 Å². The summed E-state index contributed by atoms with van der Waals surface area (Å²) < 4.78 is 11.8. The first-order chi connectivity index (χ1) is 12.2. The molecule has 2 aromatic heterocycles. The number of esters is 2. The zero-order chi connectivity index (χ0) is 19.6. The molecule has 1 atom stereocenters. The van der Waals surface area contributed by atoms with Crippen molar-refractivity contribution >= 4 is 33.5 Å². The fourth-order valence-electron chi connectivity index (χ4n) is 2.61. The molecule has 0 N–H and O–H groups in total. The van der Waals surface area contributed by atoms with Crippen LogP contribution in [0.3, 0.4) is 0 Å². The van der Waals surface area contributed by atoms with Gasteiger partial charge in [0.2, 0.25) is 0 Å². The van der Waals surface area contributed by atoms with Gasteiger partial charge in [-0.2, -0.15) is 0 Å². The fourth-order valence-corrected chi connectivity index (χ4v) is 3.63. The van der Waals surface area contributed by atoms with E-state index in [1.165, 1.54) is 10.9 Å².